The van der Waals surface area contributed by atoms with Crippen LogP contribution in [0.4, 0.5) is 11.5 Å². The molecule has 0 aromatic carbocycles. The number of rotatable bonds is 4. The van der Waals surface area contributed by atoms with Gasteiger partial charge in [-0.25, -0.2) is 4.68 Å². The Hall–Kier alpha value is -1.19. The van der Waals surface area contributed by atoms with Gasteiger partial charge in [0, 0.05) is 12.6 Å². The topological polar surface area (TPSA) is 55.9 Å². The van der Waals surface area contributed by atoms with Gasteiger partial charge in [0.2, 0.25) is 0 Å². The van der Waals surface area contributed by atoms with E-state index in [1.165, 1.54) is 25.7 Å². The number of anilines is 2. The molecule has 1 saturated carbocycles. The van der Waals surface area contributed by atoms with Crippen molar-refractivity contribution in [3.63, 3.8) is 0 Å². The van der Waals surface area contributed by atoms with Gasteiger partial charge in [-0.2, -0.15) is 5.10 Å². The molecule has 1 fully saturated rings. The minimum Gasteiger partial charge on any atom is -0.394 e. The molecule has 4 heteroatoms. The van der Waals surface area contributed by atoms with Gasteiger partial charge in [0.1, 0.15) is 5.82 Å². The highest BCUT2D eigenvalue weighted by Crippen LogP contribution is 2.31. The van der Waals surface area contributed by atoms with E-state index >= 15 is 0 Å². The van der Waals surface area contributed by atoms with Crippen LogP contribution in [-0.2, 0) is 6.54 Å². The third-order valence-electron chi connectivity index (χ3n) is 3.94. The van der Waals surface area contributed by atoms with Crippen molar-refractivity contribution in [2.24, 2.45) is 5.92 Å². The Morgan fingerprint density at radius 3 is 2.71 bits per heavy atom. The maximum absolute atomic E-state index is 6.08. The van der Waals surface area contributed by atoms with Crippen LogP contribution in [0.2, 0.25) is 0 Å². The lowest BCUT2D eigenvalue weighted by Crippen LogP contribution is -2.25. The fraction of sp³-hybridized carbons (Fsp3) is 0.769. The summed E-state index contributed by atoms with van der Waals surface area (Å²) >= 11 is 0. The van der Waals surface area contributed by atoms with E-state index < -0.39 is 0 Å². The molecule has 2 rings (SSSR count). The van der Waals surface area contributed by atoms with Crippen LogP contribution in [0.5, 0.6) is 0 Å². The molecule has 1 aromatic heterocycles. The minimum absolute atomic E-state index is 0.487. The van der Waals surface area contributed by atoms with Gasteiger partial charge in [0.05, 0.1) is 11.4 Å². The lowest BCUT2D eigenvalue weighted by atomic mass is 10.00. The van der Waals surface area contributed by atoms with E-state index in [4.69, 9.17) is 5.73 Å². The molecule has 0 spiro atoms. The maximum atomic E-state index is 6.08. The summed E-state index contributed by atoms with van der Waals surface area (Å²) in [4.78, 5) is 0. The molecule has 96 valence electrons. The summed E-state index contributed by atoms with van der Waals surface area (Å²) < 4.78 is 1.97. The zero-order valence-corrected chi connectivity index (χ0v) is 11.2. The number of hydrogen-bond donors (Lipinski definition) is 2. The fourth-order valence-electron chi connectivity index (χ4n) is 2.77. The number of aryl methyl sites for hydroxylation is 2. The average Bonchev–Trinajstić information content (AvgIpc) is 2.92. The third kappa shape index (κ3) is 2.40. The monoisotopic (exact) mass is 236 g/mol. The lowest BCUT2D eigenvalue weighted by molar-refractivity contribution is 0.477. The standard InChI is InChI=1S/C13H24N4/c1-4-17-13(12(14)10(3)16-17)15-9(2)11-7-5-6-8-11/h9,11,15H,4-8,14H2,1-3H3. The van der Waals surface area contributed by atoms with Gasteiger partial charge in [0.25, 0.3) is 0 Å². The fourth-order valence-corrected chi connectivity index (χ4v) is 2.77. The Labute approximate surface area is 104 Å². The summed E-state index contributed by atoms with van der Waals surface area (Å²) in [5.41, 5.74) is 7.81. The van der Waals surface area contributed by atoms with Crippen LogP contribution < -0.4 is 11.1 Å². The van der Waals surface area contributed by atoms with Gasteiger partial charge < -0.3 is 11.1 Å². The van der Waals surface area contributed by atoms with Gasteiger partial charge in [-0.05, 0) is 39.5 Å². The largest absolute Gasteiger partial charge is 0.394 e. The quantitative estimate of drug-likeness (QED) is 0.845. The van der Waals surface area contributed by atoms with Crippen molar-refractivity contribution in [1.82, 2.24) is 9.78 Å². The van der Waals surface area contributed by atoms with Crippen LogP contribution >= 0.6 is 0 Å². The number of aromatic nitrogens is 2. The summed E-state index contributed by atoms with van der Waals surface area (Å²) in [6.45, 7) is 7.18. The first-order chi connectivity index (χ1) is 8.13. The van der Waals surface area contributed by atoms with Gasteiger partial charge in [0.15, 0.2) is 0 Å². The smallest absolute Gasteiger partial charge is 0.148 e. The second-order valence-electron chi connectivity index (χ2n) is 5.14. The van der Waals surface area contributed by atoms with Crippen LogP contribution in [0.15, 0.2) is 0 Å². The van der Waals surface area contributed by atoms with E-state index in [2.05, 4.69) is 24.3 Å². The van der Waals surface area contributed by atoms with E-state index in [-0.39, 0.29) is 0 Å². The zero-order chi connectivity index (χ0) is 12.4. The normalized spacial score (nSPS) is 18.5. The van der Waals surface area contributed by atoms with E-state index in [9.17, 15) is 0 Å². The molecule has 1 heterocycles. The lowest BCUT2D eigenvalue weighted by Gasteiger charge is -2.22. The van der Waals surface area contributed by atoms with Gasteiger partial charge in [-0.1, -0.05) is 12.8 Å². The van der Waals surface area contributed by atoms with E-state index in [1.54, 1.807) is 0 Å². The van der Waals surface area contributed by atoms with Crippen LogP contribution in [0, 0.1) is 12.8 Å². The van der Waals surface area contributed by atoms with E-state index in [0.717, 1.165) is 29.7 Å². The first kappa shape index (κ1) is 12.3. The Balaban J connectivity index is 2.11. The molecular weight excluding hydrogens is 212 g/mol. The Bertz CT molecular complexity index is 377. The molecule has 0 bridgehead atoms. The molecule has 1 aliphatic carbocycles. The Morgan fingerprint density at radius 2 is 2.12 bits per heavy atom. The first-order valence-electron chi connectivity index (χ1n) is 6.73. The van der Waals surface area contributed by atoms with E-state index in [1.807, 2.05) is 11.6 Å². The highest BCUT2D eigenvalue weighted by molar-refractivity contribution is 5.65. The van der Waals surface area contributed by atoms with Crippen molar-refractivity contribution in [2.75, 3.05) is 11.1 Å². The molecule has 3 N–H and O–H groups in total. The number of nitrogens with one attached hydrogen (secondary N) is 1. The number of hydrogen-bond acceptors (Lipinski definition) is 3. The Kier molecular flexibility index (Phi) is 3.60. The van der Waals surface area contributed by atoms with Crippen molar-refractivity contribution in [2.45, 2.75) is 59.0 Å². The molecule has 0 saturated heterocycles. The molecular formula is C13H24N4. The highest BCUT2D eigenvalue weighted by atomic mass is 15.3. The van der Waals surface area contributed by atoms with Crippen molar-refractivity contribution < 1.29 is 0 Å². The summed E-state index contributed by atoms with van der Waals surface area (Å²) in [5, 5.41) is 8.01. The van der Waals surface area contributed by atoms with Crippen LogP contribution in [0.1, 0.15) is 45.2 Å². The van der Waals surface area contributed by atoms with Gasteiger partial charge in [-0.3, -0.25) is 0 Å². The predicted molar refractivity (Wildman–Crippen MR) is 72.1 cm³/mol. The van der Waals surface area contributed by atoms with Gasteiger partial charge in [-0.15, -0.1) is 0 Å². The van der Waals surface area contributed by atoms with Crippen molar-refractivity contribution in [1.29, 1.82) is 0 Å². The molecule has 1 aliphatic rings. The van der Waals surface area contributed by atoms with Crippen LogP contribution in [-0.4, -0.2) is 15.8 Å². The highest BCUT2D eigenvalue weighted by Gasteiger charge is 2.23. The van der Waals surface area contributed by atoms with Crippen molar-refractivity contribution in [3.05, 3.63) is 5.69 Å². The summed E-state index contributed by atoms with van der Waals surface area (Å²) in [7, 11) is 0. The molecule has 1 unspecified atom stereocenters. The first-order valence-corrected chi connectivity index (χ1v) is 6.73. The minimum atomic E-state index is 0.487. The van der Waals surface area contributed by atoms with Crippen molar-refractivity contribution in [3.8, 4) is 0 Å². The van der Waals surface area contributed by atoms with E-state index in [0.29, 0.717) is 6.04 Å². The zero-order valence-electron chi connectivity index (χ0n) is 11.2. The number of nitrogen functional groups attached to an aromatic ring is 1. The molecule has 17 heavy (non-hydrogen) atoms. The second kappa shape index (κ2) is 4.98. The molecule has 0 radical (unpaired) electrons. The molecule has 4 nitrogen and oxygen atoms in total. The number of nitrogens with two attached hydrogens (primary N) is 1. The number of nitrogens with zero attached hydrogens (tertiary/aromatic N) is 2. The predicted octanol–water partition coefficient (Wildman–Crippen LogP) is 2.78. The Morgan fingerprint density at radius 1 is 1.47 bits per heavy atom. The van der Waals surface area contributed by atoms with Crippen molar-refractivity contribution >= 4 is 11.5 Å². The second-order valence-corrected chi connectivity index (χ2v) is 5.14. The summed E-state index contributed by atoms with van der Waals surface area (Å²) in [6, 6.07) is 0.487. The average molecular weight is 236 g/mol. The summed E-state index contributed by atoms with van der Waals surface area (Å²) in [5.74, 6) is 1.79. The van der Waals surface area contributed by atoms with Crippen LogP contribution in [0.25, 0.3) is 0 Å². The SMILES string of the molecule is CCn1nc(C)c(N)c1NC(C)C1CCCC1. The molecule has 1 aromatic rings. The summed E-state index contributed by atoms with van der Waals surface area (Å²) in [6.07, 6.45) is 5.43. The van der Waals surface area contributed by atoms with Gasteiger partial charge >= 0.3 is 0 Å². The maximum Gasteiger partial charge on any atom is 0.148 e. The third-order valence-corrected chi connectivity index (χ3v) is 3.94. The molecule has 1 atom stereocenters. The molecule has 0 amide bonds. The van der Waals surface area contributed by atoms with Crippen LogP contribution in [0.3, 0.4) is 0 Å². The molecule has 0 aliphatic heterocycles.